The minimum atomic E-state index is 0.0955. The lowest BCUT2D eigenvalue weighted by Gasteiger charge is -2.34. The van der Waals surface area contributed by atoms with Crippen LogP contribution < -0.4 is 0 Å². The van der Waals surface area contributed by atoms with Gasteiger partial charge in [0.25, 0.3) is 0 Å². The van der Waals surface area contributed by atoms with Gasteiger partial charge in [-0.25, -0.2) is 0 Å². The Morgan fingerprint density at radius 3 is 1.90 bits per heavy atom. The molecule has 1 rings (SSSR count). The van der Waals surface area contributed by atoms with Crippen LogP contribution in [-0.4, -0.2) is 0 Å². The number of rotatable bonds is 0. The maximum Gasteiger partial charge on any atom is 0.00646 e. The minimum absolute atomic E-state index is 0.0955. The second kappa shape index (κ2) is 2.26. The van der Waals surface area contributed by atoms with Crippen LogP contribution >= 0.6 is 0 Å². The molecule has 0 aliphatic heterocycles. The average Bonchev–Trinajstić information content (AvgIpc) is 1.84. The maximum atomic E-state index is 3.98. The second-order valence-corrected chi connectivity index (χ2v) is 3.32. The van der Waals surface area contributed by atoms with Crippen molar-refractivity contribution in [2.75, 3.05) is 0 Å². The number of hydrogen-bond acceptors (Lipinski definition) is 0. The van der Waals surface area contributed by atoms with Crippen molar-refractivity contribution in [3.8, 4) is 0 Å². The van der Waals surface area contributed by atoms with Crippen LogP contribution in [0.5, 0.6) is 0 Å². The lowest BCUT2D eigenvalue weighted by atomic mass is 9.71. The SMILES string of the molecule is C=C1[CH]C[CH]C(=C)C1(C)C. The van der Waals surface area contributed by atoms with Gasteiger partial charge in [0.2, 0.25) is 0 Å². The molecule has 2 radical (unpaired) electrons. The number of allylic oxidation sites excluding steroid dienone is 2. The Kier molecular flexibility index (Phi) is 1.72. The van der Waals surface area contributed by atoms with Gasteiger partial charge in [-0.3, -0.25) is 0 Å². The maximum absolute atomic E-state index is 3.98. The summed E-state index contributed by atoms with van der Waals surface area (Å²) in [7, 11) is 0. The van der Waals surface area contributed by atoms with Crippen molar-refractivity contribution >= 4 is 0 Å². The Morgan fingerprint density at radius 2 is 1.60 bits per heavy atom. The molecule has 0 bridgehead atoms. The third-order valence-corrected chi connectivity index (χ3v) is 2.33. The molecule has 1 aliphatic rings. The predicted octanol–water partition coefficient (Wildman–Crippen LogP) is 2.94. The molecule has 1 aliphatic carbocycles. The fraction of sp³-hybridized carbons (Fsp3) is 0.400. The van der Waals surface area contributed by atoms with E-state index in [2.05, 4.69) is 39.8 Å². The number of hydrogen-bond donors (Lipinski definition) is 0. The molecule has 0 aromatic carbocycles. The standard InChI is InChI=1S/C10H14/c1-8-6-5-7-9(2)10(8,3)4/h6-7H,1-2,5H2,3-4H3. The van der Waals surface area contributed by atoms with Gasteiger partial charge in [0, 0.05) is 5.41 Å². The Labute approximate surface area is 63.6 Å². The third-order valence-electron chi connectivity index (χ3n) is 2.33. The molecule has 0 amide bonds. The van der Waals surface area contributed by atoms with E-state index in [0.29, 0.717) is 0 Å². The van der Waals surface area contributed by atoms with Crippen LogP contribution in [0.1, 0.15) is 20.3 Å². The molecule has 0 aromatic rings. The van der Waals surface area contributed by atoms with Crippen molar-refractivity contribution in [1.82, 2.24) is 0 Å². The molecule has 10 heavy (non-hydrogen) atoms. The zero-order valence-electron chi connectivity index (χ0n) is 6.78. The summed E-state index contributed by atoms with van der Waals surface area (Å²) in [5.74, 6) is 0. The monoisotopic (exact) mass is 134 g/mol. The van der Waals surface area contributed by atoms with Crippen molar-refractivity contribution in [3.63, 3.8) is 0 Å². The molecule has 0 nitrogen and oxygen atoms in total. The van der Waals surface area contributed by atoms with Crippen LogP contribution in [0.25, 0.3) is 0 Å². The molecule has 0 heteroatoms. The third kappa shape index (κ3) is 1.03. The highest BCUT2D eigenvalue weighted by Gasteiger charge is 2.28. The molecule has 0 spiro atoms. The lowest BCUT2D eigenvalue weighted by molar-refractivity contribution is 0.527. The normalized spacial score (nSPS) is 25.0. The van der Waals surface area contributed by atoms with E-state index < -0.39 is 0 Å². The van der Waals surface area contributed by atoms with Gasteiger partial charge in [0.15, 0.2) is 0 Å². The van der Waals surface area contributed by atoms with Gasteiger partial charge in [-0.2, -0.15) is 0 Å². The van der Waals surface area contributed by atoms with Gasteiger partial charge >= 0.3 is 0 Å². The van der Waals surface area contributed by atoms with E-state index in [9.17, 15) is 0 Å². The molecule has 0 heterocycles. The highest BCUT2D eigenvalue weighted by Crippen LogP contribution is 2.40. The smallest absolute Gasteiger partial charge is 0.00646 e. The second-order valence-electron chi connectivity index (χ2n) is 3.32. The molecule has 1 saturated carbocycles. The summed E-state index contributed by atoms with van der Waals surface area (Å²) in [4.78, 5) is 0. The summed E-state index contributed by atoms with van der Waals surface area (Å²) in [6, 6.07) is 0. The van der Waals surface area contributed by atoms with E-state index in [-0.39, 0.29) is 5.41 Å². The minimum Gasteiger partial charge on any atom is -0.0987 e. The highest BCUT2D eigenvalue weighted by molar-refractivity contribution is 5.38. The fourth-order valence-electron chi connectivity index (χ4n) is 1.06. The Bertz CT molecular complexity index is 154. The Morgan fingerprint density at radius 1 is 1.20 bits per heavy atom. The summed E-state index contributed by atoms with van der Waals surface area (Å²) in [5.41, 5.74) is 2.48. The highest BCUT2D eigenvalue weighted by atomic mass is 14.3. The Hall–Kier alpha value is -0.520. The lowest BCUT2D eigenvalue weighted by Crippen LogP contribution is -2.21. The summed E-state index contributed by atoms with van der Waals surface area (Å²) >= 11 is 0. The van der Waals surface area contributed by atoms with Crippen molar-refractivity contribution in [2.45, 2.75) is 20.3 Å². The first-order valence-corrected chi connectivity index (χ1v) is 3.60. The summed E-state index contributed by atoms with van der Waals surface area (Å²) in [5, 5.41) is 0. The molecule has 1 fully saturated rings. The van der Waals surface area contributed by atoms with Crippen LogP contribution in [0.15, 0.2) is 24.3 Å². The van der Waals surface area contributed by atoms with Gasteiger partial charge < -0.3 is 0 Å². The van der Waals surface area contributed by atoms with E-state index >= 15 is 0 Å². The van der Waals surface area contributed by atoms with Crippen molar-refractivity contribution in [1.29, 1.82) is 0 Å². The van der Waals surface area contributed by atoms with Gasteiger partial charge in [-0.05, 0) is 19.3 Å². The van der Waals surface area contributed by atoms with Crippen molar-refractivity contribution < 1.29 is 0 Å². The first-order valence-electron chi connectivity index (χ1n) is 3.60. The summed E-state index contributed by atoms with van der Waals surface area (Å²) < 4.78 is 0. The molecule has 0 unspecified atom stereocenters. The van der Waals surface area contributed by atoms with Crippen LogP contribution in [0.2, 0.25) is 0 Å². The van der Waals surface area contributed by atoms with E-state index in [1.165, 1.54) is 11.1 Å². The Balaban J connectivity index is 2.83. The summed E-state index contributed by atoms with van der Waals surface area (Å²) in [6.07, 6.45) is 5.32. The van der Waals surface area contributed by atoms with E-state index in [1.54, 1.807) is 0 Å². The molecule has 0 saturated heterocycles. The van der Waals surface area contributed by atoms with Crippen molar-refractivity contribution in [2.24, 2.45) is 5.41 Å². The van der Waals surface area contributed by atoms with Crippen LogP contribution in [-0.2, 0) is 0 Å². The first-order chi connectivity index (χ1) is 4.55. The molecule has 0 atom stereocenters. The molecule has 0 aromatic heterocycles. The van der Waals surface area contributed by atoms with E-state index in [0.717, 1.165) is 6.42 Å². The van der Waals surface area contributed by atoms with Crippen molar-refractivity contribution in [3.05, 3.63) is 37.1 Å². The van der Waals surface area contributed by atoms with Crippen LogP contribution in [0.4, 0.5) is 0 Å². The average molecular weight is 134 g/mol. The largest absolute Gasteiger partial charge is 0.0987 e. The van der Waals surface area contributed by atoms with E-state index in [4.69, 9.17) is 0 Å². The van der Waals surface area contributed by atoms with E-state index in [1.807, 2.05) is 0 Å². The summed E-state index contributed by atoms with van der Waals surface area (Å²) in [6.45, 7) is 12.3. The molecule has 54 valence electrons. The quantitative estimate of drug-likeness (QED) is 0.478. The molecule has 0 N–H and O–H groups in total. The first kappa shape index (κ1) is 7.59. The van der Waals surface area contributed by atoms with Gasteiger partial charge in [0.05, 0.1) is 0 Å². The predicted molar refractivity (Wildman–Crippen MR) is 45.3 cm³/mol. The topological polar surface area (TPSA) is 0 Å². The van der Waals surface area contributed by atoms with Gasteiger partial charge in [0.1, 0.15) is 0 Å². The molecular formula is C10H14. The van der Waals surface area contributed by atoms with Gasteiger partial charge in [-0.15, -0.1) is 0 Å². The zero-order valence-corrected chi connectivity index (χ0v) is 6.78. The van der Waals surface area contributed by atoms with Gasteiger partial charge in [-0.1, -0.05) is 38.2 Å². The zero-order chi connectivity index (χ0) is 7.78. The van der Waals surface area contributed by atoms with Crippen LogP contribution in [0.3, 0.4) is 0 Å². The van der Waals surface area contributed by atoms with Crippen LogP contribution in [0, 0.1) is 18.3 Å². The molecular weight excluding hydrogens is 120 g/mol. The fourth-order valence-corrected chi connectivity index (χ4v) is 1.06.